The summed E-state index contributed by atoms with van der Waals surface area (Å²) < 4.78 is 37.3. The van der Waals surface area contributed by atoms with E-state index in [0.717, 1.165) is 10.7 Å². The summed E-state index contributed by atoms with van der Waals surface area (Å²) in [7, 11) is 1.65. The molecule has 0 radical (unpaired) electrons. The molecule has 2 heterocycles. The number of nitrogens with one attached hydrogen (secondary N) is 2. The predicted octanol–water partition coefficient (Wildman–Crippen LogP) is 3.19. The highest BCUT2D eigenvalue weighted by Gasteiger charge is 2.34. The first kappa shape index (κ1) is 22.4. The van der Waals surface area contributed by atoms with Gasteiger partial charge < -0.3 is 10.6 Å². The summed E-state index contributed by atoms with van der Waals surface area (Å²) in [6.45, 7) is 4.70. The van der Waals surface area contributed by atoms with Crippen molar-refractivity contribution in [3.63, 3.8) is 0 Å². The minimum atomic E-state index is -4.15. The van der Waals surface area contributed by atoms with Crippen LogP contribution in [0.15, 0.2) is 10.4 Å². The minimum Gasteiger partial charge on any atom is -0.352 e. The summed E-state index contributed by atoms with van der Waals surface area (Å²) in [6.07, 6.45) is -3.47. The third-order valence-electron chi connectivity index (χ3n) is 3.74. The predicted molar refractivity (Wildman–Crippen MR) is 106 cm³/mol. The van der Waals surface area contributed by atoms with Crippen molar-refractivity contribution >= 4 is 41.3 Å². The van der Waals surface area contributed by atoms with Crippen molar-refractivity contribution in [2.45, 2.75) is 44.9 Å². The van der Waals surface area contributed by atoms with Crippen LogP contribution in [0.3, 0.4) is 0 Å². The molecule has 1 aromatic heterocycles. The van der Waals surface area contributed by atoms with E-state index in [1.807, 2.05) is 5.38 Å². The Morgan fingerprint density at radius 2 is 2.20 bits per heavy atom. The van der Waals surface area contributed by atoms with Crippen LogP contribution in [0.1, 0.15) is 36.9 Å². The smallest absolute Gasteiger partial charge is 0.352 e. The van der Waals surface area contributed by atoms with E-state index < -0.39 is 12.7 Å². The Bertz CT molecular complexity index is 562. The standard InChI is InChI=1S/C15H24F3N5S.HI/c1-10(2)13-21-12(8-24-13)6-20-14(19-3)22-11-4-5-23(7-11)9-15(16,17)18;/h8,10-11H,4-7,9H2,1-3H3,(H2,19,20,22);1H. The van der Waals surface area contributed by atoms with Gasteiger partial charge in [0.05, 0.1) is 23.8 Å². The molecule has 0 spiro atoms. The molecule has 0 amide bonds. The summed E-state index contributed by atoms with van der Waals surface area (Å²) in [5.41, 5.74) is 0.941. The van der Waals surface area contributed by atoms with Crippen molar-refractivity contribution in [1.29, 1.82) is 0 Å². The van der Waals surface area contributed by atoms with Crippen LogP contribution in [0.5, 0.6) is 0 Å². The second-order valence-electron chi connectivity index (χ2n) is 6.24. The monoisotopic (exact) mass is 491 g/mol. The Balaban J connectivity index is 0.00000312. The molecule has 0 aliphatic carbocycles. The summed E-state index contributed by atoms with van der Waals surface area (Å²) in [4.78, 5) is 10.1. The number of halogens is 4. The summed E-state index contributed by atoms with van der Waals surface area (Å²) in [5.74, 6) is 0.993. The maximum Gasteiger partial charge on any atom is 0.401 e. The maximum atomic E-state index is 12.4. The average Bonchev–Trinajstić information content (AvgIpc) is 3.11. The molecule has 2 N–H and O–H groups in total. The van der Waals surface area contributed by atoms with Gasteiger partial charge in [-0.25, -0.2) is 4.98 Å². The summed E-state index contributed by atoms with van der Waals surface area (Å²) >= 11 is 1.63. The Labute approximate surface area is 167 Å². The van der Waals surface area contributed by atoms with E-state index in [2.05, 4.69) is 34.5 Å². The van der Waals surface area contributed by atoms with Gasteiger partial charge in [0.1, 0.15) is 0 Å². The second kappa shape index (κ2) is 9.91. The number of aliphatic imine (C=N–C) groups is 1. The number of hydrogen-bond acceptors (Lipinski definition) is 4. The zero-order valence-corrected chi connectivity index (χ0v) is 17.7. The minimum absolute atomic E-state index is 0. The molecule has 5 nitrogen and oxygen atoms in total. The van der Waals surface area contributed by atoms with Crippen molar-refractivity contribution in [2.24, 2.45) is 4.99 Å². The fourth-order valence-corrected chi connectivity index (χ4v) is 3.41. The lowest BCUT2D eigenvalue weighted by molar-refractivity contribution is -0.143. The van der Waals surface area contributed by atoms with Crippen molar-refractivity contribution in [2.75, 3.05) is 26.7 Å². The van der Waals surface area contributed by atoms with Crippen LogP contribution in [0.25, 0.3) is 0 Å². The van der Waals surface area contributed by atoms with E-state index in [-0.39, 0.29) is 30.0 Å². The van der Waals surface area contributed by atoms with Crippen LogP contribution in [-0.4, -0.2) is 54.7 Å². The largest absolute Gasteiger partial charge is 0.401 e. The van der Waals surface area contributed by atoms with Crippen LogP contribution in [0, 0.1) is 0 Å². The molecule has 1 aliphatic heterocycles. The Hall–Kier alpha value is -0.620. The molecule has 1 fully saturated rings. The van der Waals surface area contributed by atoms with E-state index in [4.69, 9.17) is 0 Å². The van der Waals surface area contributed by atoms with Crippen LogP contribution in [0.4, 0.5) is 13.2 Å². The fourth-order valence-electron chi connectivity index (χ4n) is 2.58. The van der Waals surface area contributed by atoms with Gasteiger partial charge in [-0.3, -0.25) is 9.89 Å². The van der Waals surface area contributed by atoms with Crippen LogP contribution in [-0.2, 0) is 6.54 Å². The molecule has 0 saturated carbocycles. The highest BCUT2D eigenvalue weighted by atomic mass is 127. The number of rotatable bonds is 5. The molecule has 1 atom stereocenters. The van der Waals surface area contributed by atoms with Crippen LogP contribution >= 0.6 is 35.3 Å². The van der Waals surface area contributed by atoms with E-state index in [1.54, 1.807) is 18.4 Å². The number of aromatic nitrogens is 1. The number of alkyl halides is 3. The highest BCUT2D eigenvalue weighted by Crippen LogP contribution is 2.20. The van der Waals surface area contributed by atoms with E-state index in [0.29, 0.717) is 37.9 Å². The first-order valence-electron chi connectivity index (χ1n) is 7.97. The number of guanidine groups is 1. The average molecular weight is 491 g/mol. The van der Waals surface area contributed by atoms with Gasteiger partial charge in [0.2, 0.25) is 0 Å². The summed E-state index contributed by atoms with van der Waals surface area (Å²) in [5, 5.41) is 9.46. The third kappa shape index (κ3) is 7.65. The van der Waals surface area contributed by atoms with Gasteiger partial charge in [0.25, 0.3) is 0 Å². The van der Waals surface area contributed by atoms with Gasteiger partial charge in [-0.05, 0) is 6.42 Å². The first-order valence-corrected chi connectivity index (χ1v) is 8.85. The van der Waals surface area contributed by atoms with Gasteiger partial charge in [0.15, 0.2) is 5.96 Å². The lowest BCUT2D eigenvalue weighted by Gasteiger charge is -2.19. The molecule has 2 rings (SSSR count). The molecular weight excluding hydrogens is 466 g/mol. The molecular formula is C15H25F3IN5S. The molecule has 0 bridgehead atoms. The Morgan fingerprint density at radius 1 is 1.48 bits per heavy atom. The molecule has 144 valence electrons. The number of hydrogen-bond donors (Lipinski definition) is 2. The van der Waals surface area contributed by atoms with E-state index >= 15 is 0 Å². The van der Waals surface area contributed by atoms with Gasteiger partial charge in [-0.2, -0.15) is 13.2 Å². The van der Waals surface area contributed by atoms with Crippen molar-refractivity contribution in [1.82, 2.24) is 20.5 Å². The zero-order valence-electron chi connectivity index (χ0n) is 14.6. The molecule has 1 saturated heterocycles. The van der Waals surface area contributed by atoms with Crippen molar-refractivity contribution < 1.29 is 13.2 Å². The highest BCUT2D eigenvalue weighted by molar-refractivity contribution is 14.0. The molecule has 25 heavy (non-hydrogen) atoms. The molecule has 1 aromatic rings. The molecule has 1 aliphatic rings. The third-order valence-corrected chi connectivity index (χ3v) is 4.93. The van der Waals surface area contributed by atoms with Crippen LogP contribution in [0.2, 0.25) is 0 Å². The van der Waals surface area contributed by atoms with Gasteiger partial charge >= 0.3 is 6.18 Å². The number of nitrogens with zero attached hydrogens (tertiary/aromatic N) is 3. The Morgan fingerprint density at radius 3 is 2.76 bits per heavy atom. The van der Waals surface area contributed by atoms with Gasteiger partial charge in [0, 0.05) is 37.5 Å². The van der Waals surface area contributed by atoms with E-state index in [1.165, 1.54) is 4.90 Å². The molecule has 0 aromatic carbocycles. The zero-order chi connectivity index (χ0) is 17.7. The fraction of sp³-hybridized carbons (Fsp3) is 0.733. The lowest BCUT2D eigenvalue weighted by atomic mass is 10.2. The lowest BCUT2D eigenvalue weighted by Crippen LogP contribution is -2.44. The quantitative estimate of drug-likeness (QED) is 0.378. The van der Waals surface area contributed by atoms with Crippen molar-refractivity contribution in [3.8, 4) is 0 Å². The summed E-state index contributed by atoms with van der Waals surface area (Å²) in [6, 6.07) is -0.0276. The SMILES string of the molecule is CN=C(NCc1csc(C(C)C)n1)NC1CCN(CC(F)(F)F)C1.I. The first-order chi connectivity index (χ1) is 11.3. The van der Waals surface area contributed by atoms with E-state index in [9.17, 15) is 13.2 Å². The van der Waals surface area contributed by atoms with Crippen LogP contribution < -0.4 is 10.6 Å². The number of likely N-dealkylation sites (tertiary alicyclic amines) is 1. The second-order valence-corrected chi connectivity index (χ2v) is 7.13. The maximum absolute atomic E-state index is 12.4. The molecule has 10 heteroatoms. The molecule has 1 unspecified atom stereocenters. The normalized spacial score (nSPS) is 19.2. The van der Waals surface area contributed by atoms with Gasteiger partial charge in [-0.15, -0.1) is 35.3 Å². The van der Waals surface area contributed by atoms with Gasteiger partial charge in [-0.1, -0.05) is 13.8 Å². The number of thiazole rings is 1. The van der Waals surface area contributed by atoms with Crippen molar-refractivity contribution in [3.05, 3.63) is 16.1 Å². The topological polar surface area (TPSA) is 52.6 Å². The Kier molecular flexibility index (Phi) is 8.89.